The molecule has 0 spiro atoms. The van der Waals surface area contributed by atoms with E-state index in [1.54, 1.807) is 0 Å². The van der Waals surface area contributed by atoms with Gasteiger partial charge in [-0.05, 0) is 63.8 Å². The lowest BCUT2D eigenvalue weighted by Crippen LogP contribution is -2.23. The van der Waals surface area contributed by atoms with Crippen LogP contribution in [0.25, 0.3) is 0 Å². The Hall–Kier alpha value is -1.51. The molecule has 2 rings (SSSR count). The van der Waals surface area contributed by atoms with E-state index in [1.165, 1.54) is 25.7 Å². The third-order valence-electron chi connectivity index (χ3n) is 3.96. The van der Waals surface area contributed by atoms with Crippen molar-refractivity contribution in [2.24, 2.45) is 5.92 Å². The number of carbonyl (C=O) groups excluding carboxylic acids is 1. The van der Waals surface area contributed by atoms with Gasteiger partial charge in [-0.3, -0.25) is 0 Å². The van der Waals surface area contributed by atoms with Gasteiger partial charge in [0.05, 0.1) is 11.7 Å². The topological polar surface area (TPSA) is 38.3 Å². The highest BCUT2D eigenvalue weighted by atomic mass is 16.5. The summed E-state index contributed by atoms with van der Waals surface area (Å²) in [6.45, 7) is 5.96. The van der Waals surface area contributed by atoms with E-state index in [1.807, 2.05) is 38.1 Å². The van der Waals surface area contributed by atoms with Crippen molar-refractivity contribution >= 4 is 11.7 Å². The second-order valence-corrected chi connectivity index (χ2v) is 6.01. The molecule has 0 aliphatic heterocycles. The van der Waals surface area contributed by atoms with E-state index in [-0.39, 0.29) is 12.1 Å². The van der Waals surface area contributed by atoms with E-state index in [9.17, 15) is 4.79 Å². The fourth-order valence-electron chi connectivity index (χ4n) is 2.82. The van der Waals surface area contributed by atoms with Crippen molar-refractivity contribution in [1.82, 2.24) is 0 Å². The van der Waals surface area contributed by atoms with Gasteiger partial charge in [-0.2, -0.15) is 0 Å². The summed E-state index contributed by atoms with van der Waals surface area (Å²) in [7, 11) is 0. The van der Waals surface area contributed by atoms with Crippen molar-refractivity contribution in [2.45, 2.75) is 58.6 Å². The molecule has 1 N–H and O–H groups in total. The summed E-state index contributed by atoms with van der Waals surface area (Å²) < 4.78 is 5.18. The van der Waals surface area contributed by atoms with E-state index >= 15 is 0 Å². The molecule has 3 heteroatoms. The molecule has 0 saturated heterocycles. The Morgan fingerprint density at radius 3 is 2.30 bits per heavy atom. The maximum atomic E-state index is 11.8. The Labute approximate surface area is 121 Å². The molecule has 1 saturated carbocycles. The summed E-state index contributed by atoms with van der Waals surface area (Å²) in [5, 5.41) is 3.54. The van der Waals surface area contributed by atoms with E-state index in [2.05, 4.69) is 12.2 Å². The first-order valence-corrected chi connectivity index (χ1v) is 7.64. The lowest BCUT2D eigenvalue weighted by Gasteiger charge is -2.21. The zero-order chi connectivity index (χ0) is 14.5. The first-order chi connectivity index (χ1) is 9.56. The van der Waals surface area contributed by atoms with Gasteiger partial charge in [0.2, 0.25) is 0 Å². The Kier molecular flexibility index (Phi) is 5.05. The fraction of sp³-hybridized carbons (Fsp3) is 0.588. The molecule has 1 aromatic rings. The van der Waals surface area contributed by atoms with Gasteiger partial charge in [0.15, 0.2) is 0 Å². The molecule has 1 unspecified atom stereocenters. The summed E-state index contributed by atoms with van der Waals surface area (Å²) >= 11 is 0. The smallest absolute Gasteiger partial charge is 0.338 e. The molecule has 0 amide bonds. The van der Waals surface area contributed by atoms with Crippen LogP contribution in [0, 0.1) is 5.92 Å². The molecule has 0 radical (unpaired) electrons. The van der Waals surface area contributed by atoms with E-state index < -0.39 is 0 Å². The molecule has 1 aliphatic rings. The van der Waals surface area contributed by atoms with Crippen LogP contribution in [-0.2, 0) is 4.74 Å². The second kappa shape index (κ2) is 6.78. The Bertz CT molecular complexity index is 433. The number of hydrogen-bond donors (Lipinski definition) is 1. The molecule has 0 heterocycles. The largest absolute Gasteiger partial charge is 0.459 e. The van der Waals surface area contributed by atoms with Crippen molar-refractivity contribution in [1.29, 1.82) is 0 Å². The summed E-state index contributed by atoms with van der Waals surface area (Å²) in [6, 6.07) is 8.07. The number of rotatable bonds is 5. The highest BCUT2D eigenvalue weighted by Crippen LogP contribution is 2.29. The molecule has 1 fully saturated rings. The van der Waals surface area contributed by atoms with Crippen molar-refractivity contribution < 1.29 is 9.53 Å². The lowest BCUT2D eigenvalue weighted by molar-refractivity contribution is 0.0378. The molecule has 0 bridgehead atoms. The number of nitrogens with one attached hydrogen (secondary N) is 1. The van der Waals surface area contributed by atoms with Crippen LogP contribution in [0.2, 0.25) is 0 Å². The van der Waals surface area contributed by atoms with Gasteiger partial charge in [0.1, 0.15) is 0 Å². The van der Waals surface area contributed by atoms with Crippen LogP contribution >= 0.6 is 0 Å². The van der Waals surface area contributed by atoms with Crippen LogP contribution in [0.4, 0.5) is 5.69 Å². The van der Waals surface area contributed by atoms with Gasteiger partial charge in [0.25, 0.3) is 0 Å². The molecule has 1 atom stereocenters. The van der Waals surface area contributed by atoms with Crippen LogP contribution < -0.4 is 5.32 Å². The minimum absolute atomic E-state index is 0.0808. The number of carbonyl (C=O) groups is 1. The SMILES string of the molecule is CC(C)OC(=O)c1ccc(NC(C)C2CCCC2)cc1. The van der Waals surface area contributed by atoms with Gasteiger partial charge >= 0.3 is 5.97 Å². The van der Waals surface area contributed by atoms with E-state index in [0.717, 1.165) is 11.6 Å². The summed E-state index contributed by atoms with van der Waals surface area (Å²) in [6.07, 6.45) is 5.29. The number of benzene rings is 1. The monoisotopic (exact) mass is 275 g/mol. The van der Waals surface area contributed by atoms with Gasteiger partial charge in [0, 0.05) is 11.7 Å². The van der Waals surface area contributed by atoms with Crippen molar-refractivity contribution in [2.75, 3.05) is 5.32 Å². The van der Waals surface area contributed by atoms with E-state index in [0.29, 0.717) is 11.6 Å². The molecule has 0 aromatic heterocycles. The van der Waals surface area contributed by atoms with Crippen LogP contribution in [0.15, 0.2) is 24.3 Å². The molecule has 110 valence electrons. The quantitative estimate of drug-likeness (QED) is 0.817. The summed E-state index contributed by atoms with van der Waals surface area (Å²) in [5.74, 6) is 0.524. The molecule has 1 aromatic carbocycles. The van der Waals surface area contributed by atoms with Crippen molar-refractivity contribution in [3.8, 4) is 0 Å². The van der Waals surface area contributed by atoms with Gasteiger partial charge < -0.3 is 10.1 Å². The number of esters is 1. The predicted octanol–water partition coefficient (Wildman–Crippen LogP) is 4.24. The molecule has 1 aliphatic carbocycles. The van der Waals surface area contributed by atoms with Gasteiger partial charge in [-0.15, -0.1) is 0 Å². The summed E-state index contributed by atoms with van der Waals surface area (Å²) in [4.78, 5) is 11.8. The van der Waals surface area contributed by atoms with Crippen LogP contribution in [0.1, 0.15) is 56.8 Å². The minimum atomic E-state index is -0.254. The predicted molar refractivity (Wildman–Crippen MR) is 82.0 cm³/mol. The number of anilines is 1. The van der Waals surface area contributed by atoms with Crippen molar-refractivity contribution in [3.63, 3.8) is 0 Å². The lowest BCUT2D eigenvalue weighted by atomic mass is 9.99. The standard InChI is InChI=1S/C17H25NO2/c1-12(2)20-17(19)15-8-10-16(11-9-15)18-13(3)14-6-4-5-7-14/h8-14,18H,4-7H2,1-3H3. The van der Waals surface area contributed by atoms with Gasteiger partial charge in [-0.1, -0.05) is 12.8 Å². The Balaban J connectivity index is 1.92. The third kappa shape index (κ3) is 3.99. The van der Waals surface area contributed by atoms with Gasteiger partial charge in [-0.25, -0.2) is 4.79 Å². The highest BCUT2D eigenvalue weighted by molar-refractivity contribution is 5.89. The normalized spacial score (nSPS) is 17.2. The third-order valence-corrected chi connectivity index (χ3v) is 3.96. The molecular weight excluding hydrogens is 250 g/mol. The second-order valence-electron chi connectivity index (χ2n) is 6.01. The van der Waals surface area contributed by atoms with E-state index in [4.69, 9.17) is 4.74 Å². The number of ether oxygens (including phenoxy) is 1. The van der Waals surface area contributed by atoms with Crippen LogP contribution in [-0.4, -0.2) is 18.1 Å². The maximum absolute atomic E-state index is 11.8. The number of hydrogen-bond acceptors (Lipinski definition) is 3. The van der Waals surface area contributed by atoms with Crippen LogP contribution in [0.3, 0.4) is 0 Å². The average Bonchev–Trinajstić information content (AvgIpc) is 2.92. The fourth-order valence-corrected chi connectivity index (χ4v) is 2.82. The summed E-state index contributed by atoms with van der Waals surface area (Å²) in [5.41, 5.74) is 1.68. The maximum Gasteiger partial charge on any atom is 0.338 e. The first-order valence-electron chi connectivity index (χ1n) is 7.64. The average molecular weight is 275 g/mol. The Morgan fingerprint density at radius 1 is 1.15 bits per heavy atom. The molecule has 3 nitrogen and oxygen atoms in total. The van der Waals surface area contributed by atoms with Crippen molar-refractivity contribution in [3.05, 3.63) is 29.8 Å². The molecular formula is C17H25NO2. The zero-order valence-corrected chi connectivity index (χ0v) is 12.7. The zero-order valence-electron chi connectivity index (χ0n) is 12.7. The highest BCUT2D eigenvalue weighted by Gasteiger charge is 2.21. The van der Waals surface area contributed by atoms with Crippen LogP contribution in [0.5, 0.6) is 0 Å². The first kappa shape index (κ1) is 14.9. The minimum Gasteiger partial charge on any atom is -0.459 e. The Morgan fingerprint density at radius 2 is 1.75 bits per heavy atom. The molecule has 20 heavy (non-hydrogen) atoms.